The molecule has 1 aliphatic heterocycles. The highest BCUT2D eigenvalue weighted by atomic mass is 32.1. The van der Waals surface area contributed by atoms with Crippen molar-refractivity contribution in [2.45, 2.75) is 45.9 Å². The highest BCUT2D eigenvalue weighted by molar-refractivity contribution is 7.71. The van der Waals surface area contributed by atoms with Gasteiger partial charge in [0.15, 0.2) is 4.77 Å². The van der Waals surface area contributed by atoms with Crippen LogP contribution in [0.25, 0.3) is 0 Å². The van der Waals surface area contributed by atoms with E-state index < -0.39 is 0 Å². The van der Waals surface area contributed by atoms with E-state index >= 15 is 0 Å². The van der Waals surface area contributed by atoms with E-state index in [-0.39, 0.29) is 0 Å². The van der Waals surface area contributed by atoms with Gasteiger partial charge in [-0.1, -0.05) is 42.5 Å². The quantitative estimate of drug-likeness (QED) is 0.510. The van der Waals surface area contributed by atoms with Crippen LogP contribution in [0.4, 0.5) is 5.69 Å². The van der Waals surface area contributed by atoms with Crippen LogP contribution >= 0.6 is 12.2 Å². The molecule has 3 aromatic rings. The van der Waals surface area contributed by atoms with Crippen LogP contribution in [0.1, 0.15) is 36.2 Å². The maximum atomic E-state index is 5.72. The van der Waals surface area contributed by atoms with E-state index in [1.807, 2.05) is 17.7 Å². The van der Waals surface area contributed by atoms with Gasteiger partial charge in [0.1, 0.15) is 5.82 Å². The zero-order valence-electron chi connectivity index (χ0n) is 18.0. The lowest BCUT2D eigenvalue weighted by Gasteiger charge is -2.29. The van der Waals surface area contributed by atoms with Crippen LogP contribution in [0.5, 0.6) is 0 Å². The molecule has 0 spiro atoms. The van der Waals surface area contributed by atoms with Crippen LogP contribution in [0.2, 0.25) is 0 Å². The fourth-order valence-electron chi connectivity index (χ4n) is 4.14. The Labute approximate surface area is 184 Å². The summed E-state index contributed by atoms with van der Waals surface area (Å²) in [5.41, 5.74) is 3.89. The molecule has 5 nitrogen and oxygen atoms in total. The predicted molar refractivity (Wildman–Crippen MR) is 125 cm³/mol. The maximum absolute atomic E-state index is 5.72. The minimum Gasteiger partial charge on any atom is -0.372 e. The van der Waals surface area contributed by atoms with E-state index in [2.05, 4.69) is 69.9 Å². The maximum Gasteiger partial charge on any atom is 0.199 e. The highest BCUT2D eigenvalue weighted by Crippen LogP contribution is 2.20. The van der Waals surface area contributed by atoms with Gasteiger partial charge >= 0.3 is 0 Å². The Balaban J connectivity index is 1.38. The van der Waals surface area contributed by atoms with Crippen molar-refractivity contribution in [1.29, 1.82) is 0 Å². The Hall–Kier alpha value is -2.44. The topological polar surface area (TPSA) is 29.2 Å². The number of benzene rings is 2. The molecule has 1 aliphatic rings. The molecule has 0 atom stereocenters. The summed E-state index contributed by atoms with van der Waals surface area (Å²) in [5, 5.41) is 4.69. The Morgan fingerprint density at radius 3 is 2.33 bits per heavy atom. The predicted octanol–water partition coefficient (Wildman–Crippen LogP) is 4.85. The van der Waals surface area contributed by atoms with E-state index in [4.69, 9.17) is 17.3 Å². The second kappa shape index (κ2) is 9.58. The van der Waals surface area contributed by atoms with Gasteiger partial charge in [-0.15, -0.1) is 0 Å². The van der Waals surface area contributed by atoms with Crippen LogP contribution in [-0.4, -0.2) is 39.4 Å². The molecular formula is C24H31N5S. The lowest BCUT2D eigenvalue weighted by molar-refractivity contribution is 0.243. The zero-order valence-corrected chi connectivity index (χ0v) is 18.8. The molecule has 158 valence electrons. The third-order valence-electron chi connectivity index (χ3n) is 5.78. The molecule has 0 bridgehead atoms. The second-order valence-electron chi connectivity index (χ2n) is 8.27. The summed E-state index contributed by atoms with van der Waals surface area (Å²) in [5.74, 6) is 0.947. The van der Waals surface area contributed by atoms with Crippen molar-refractivity contribution >= 4 is 17.9 Å². The lowest BCUT2D eigenvalue weighted by Crippen LogP contribution is -2.29. The smallest absolute Gasteiger partial charge is 0.199 e. The minimum atomic E-state index is 0.676. The van der Waals surface area contributed by atoms with Crippen LogP contribution in [0, 0.1) is 11.7 Å². The molecule has 0 saturated carbocycles. The van der Waals surface area contributed by atoms with Gasteiger partial charge in [0.25, 0.3) is 0 Å². The van der Waals surface area contributed by atoms with E-state index in [0.29, 0.717) is 6.67 Å². The molecule has 1 saturated heterocycles. The average molecular weight is 422 g/mol. The summed E-state index contributed by atoms with van der Waals surface area (Å²) in [4.78, 5) is 4.75. The van der Waals surface area contributed by atoms with Crippen molar-refractivity contribution in [3.8, 4) is 0 Å². The number of piperidine rings is 1. The van der Waals surface area contributed by atoms with Gasteiger partial charge in [0.05, 0.1) is 13.2 Å². The van der Waals surface area contributed by atoms with Crippen LogP contribution in [0.15, 0.2) is 54.6 Å². The summed E-state index contributed by atoms with van der Waals surface area (Å²) in [6.45, 7) is 6.69. The molecule has 1 fully saturated rings. The monoisotopic (exact) mass is 421 g/mol. The Bertz CT molecular complexity index is 1000. The molecule has 0 radical (unpaired) electrons. The third-order valence-corrected chi connectivity index (χ3v) is 6.21. The Morgan fingerprint density at radius 2 is 1.63 bits per heavy atom. The van der Waals surface area contributed by atoms with Gasteiger partial charge in [-0.05, 0) is 68.7 Å². The summed E-state index contributed by atoms with van der Waals surface area (Å²) in [6.07, 6.45) is 3.98. The summed E-state index contributed by atoms with van der Waals surface area (Å²) in [7, 11) is 2.12. The molecule has 4 rings (SSSR count). The van der Waals surface area contributed by atoms with E-state index in [1.165, 1.54) is 49.2 Å². The third kappa shape index (κ3) is 4.99. The number of aryl methyl sites for hydroxylation is 1. The molecule has 1 aromatic heterocycles. The number of aromatic nitrogens is 3. The first kappa shape index (κ1) is 20.8. The molecule has 0 unspecified atom stereocenters. The Kier molecular flexibility index (Phi) is 6.65. The zero-order chi connectivity index (χ0) is 20.9. The number of anilines is 1. The summed E-state index contributed by atoms with van der Waals surface area (Å²) >= 11 is 5.72. The van der Waals surface area contributed by atoms with Gasteiger partial charge in [-0.2, -0.15) is 5.10 Å². The molecule has 0 amide bonds. The van der Waals surface area contributed by atoms with Crippen molar-refractivity contribution in [2.24, 2.45) is 0 Å². The number of hydrogen-bond donors (Lipinski definition) is 0. The largest absolute Gasteiger partial charge is 0.372 e. The molecule has 2 aromatic carbocycles. The first-order valence-corrected chi connectivity index (χ1v) is 11.2. The number of nitrogens with zero attached hydrogens (tertiary/aromatic N) is 5. The van der Waals surface area contributed by atoms with Gasteiger partial charge < -0.3 is 4.90 Å². The van der Waals surface area contributed by atoms with Gasteiger partial charge in [0, 0.05) is 25.3 Å². The normalized spacial score (nSPS) is 14.4. The molecular weight excluding hydrogens is 390 g/mol. The molecule has 6 heteroatoms. The van der Waals surface area contributed by atoms with Crippen molar-refractivity contribution < 1.29 is 0 Å². The molecule has 0 aliphatic carbocycles. The summed E-state index contributed by atoms with van der Waals surface area (Å²) < 4.78 is 4.80. The van der Waals surface area contributed by atoms with E-state index in [1.54, 1.807) is 0 Å². The second-order valence-corrected chi connectivity index (χ2v) is 8.64. The Morgan fingerprint density at radius 1 is 0.933 bits per heavy atom. The van der Waals surface area contributed by atoms with Gasteiger partial charge in [-0.3, -0.25) is 9.47 Å². The fraction of sp³-hybridized carbons (Fsp3) is 0.417. The SMILES string of the molecule is Cc1nn(CN(C)Cc2ccc(N3CCCCC3)cc2)c(=S)n1Cc1ccccc1. The molecule has 30 heavy (non-hydrogen) atoms. The van der Waals surface area contributed by atoms with Crippen LogP contribution < -0.4 is 4.90 Å². The average Bonchev–Trinajstić information content (AvgIpc) is 3.03. The van der Waals surface area contributed by atoms with Crippen molar-refractivity contribution in [1.82, 2.24) is 19.2 Å². The fourth-order valence-corrected chi connectivity index (χ4v) is 4.44. The van der Waals surface area contributed by atoms with Crippen molar-refractivity contribution in [3.63, 3.8) is 0 Å². The first-order chi connectivity index (χ1) is 14.6. The van der Waals surface area contributed by atoms with Crippen LogP contribution in [0.3, 0.4) is 0 Å². The number of hydrogen-bond acceptors (Lipinski definition) is 4. The van der Waals surface area contributed by atoms with Crippen molar-refractivity contribution in [3.05, 3.63) is 76.3 Å². The standard InChI is InChI=1S/C24H31N5S/c1-20-25-29(24(30)28(20)18-21-9-5-3-6-10-21)19-26(2)17-22-11-13-23(14-12-22)27-15-7-4-8-16-27/h3,5-6,9-14H,4,7-8,15-19H2,1-2H3. The summed E-state index contributed by atoms with van der Waals surface area (Å²) in [6, 6.07) is 19.4. The minimum absolute atomic E-state index is 0.676. The van der Waals surface area contributed by atoms with E-state index in [9.17, 15) is 0 Å². The first-order valence-electron chi connectivity index (χ1n) is 10.8. The van der Waals surface area contributed by atoms with E-state index in [0.717, 1.165) is 23.7 Å². The van der Waals surface area contributed by atoms with Crippen molar-refractivity contribution in [2.75, 3.05) is 25.0 Å². The molecule has 2 heterocycles. The molecule has 0 N–H and O–H groups in total. The number of rotatable bonds is 7. The highest BCUT2D eigenvalue weighted by Gasteiger charge is 2.12. The van der Waals surface area contributed by atoms with Crippen LogP contribution in [-0.2, 0) is 19.8 Å². The van der Waals surface area contributed by atoms with Gasteiger partial charge in [-0.25, -0.2) is 4.68 Å². The van der Waals surface area contributed by atoms with Gasteiger partial charge in [0.2, 0.25) is 0 Å². The lowest BCUT2D eigenvalue weighted by atomic mass is 10.1.